The summed E-state index contributed by atoms with van der Waals surface area (Å²) in [4.78, 5) is 33.6. The summed E-state index contributed by atoms with van der Waals surface area (Å²) in [5.74, 6) is 1.20. The molecular weight excluding hydrogens is 404 g/mol. The van der Waals surface area contributed by atoms with Crippen molar-refractivity contribution in [2.75, 3.05) is 26.2 Å². The molecule has 0 saturated carbocycles. The van der Waals surface area contributed by atoms with Crippen LogP contribution in [0.4, 0.5) is 0 Å². The zero-order valence-electron chi connectivity index (χ0n) is 18.5. The Labute approximate surface area is 188 Å². The fraction of sp³-hybridized carbons (Fsp3) is 0.360. The average Bonchev–Trinajstić information content (AvgIpc) is 3.33. The van der Waals surface area contributed by atoms with Crippen LogP contribution in [0.2, 0.25) is 0 Å². The van der Waals surface area contributed by atoms with Crippen LogP contribution in [0, 0.1) is 6.92 Å². The van der Waals surface area contributed by atoms with E-state index in [9.17, 15) is 9.59 Å². The number of carbonyl (C=O) groups is 2. The molecule has 7 nitrogen and oxygen atoms in total. The summed E-state index contributed by atoms with van der Waals surface area (Å²) in [7, 11) is 0. The third-order valence-corrected chi connectivity index (χ3v) is 5.99. The van der Waals surface area contributed by atoms with Crippen molar-refractivity contribution in [3.63, 3.8) is 0 Å². The van der Waals surface area contributed by atoms with Gasteiger partial charge < -0.3 is 9.42 Å². The lowest BCUT2D eigenvalue weighted by atomic mass is 10.0. The normalized spacial score (nSPS) is 15.5. The number of nitrogens with zero attached hydrogens (tertiary/aromatic N) is 4. The van der Waals surface area contributed by atoms with Gasteiger partial charge in [0.2, 0.25) is 17.6 Å². The SMILES string of the molecule is Cc1ccc(C(=O)CCC(=O)N2CCN(C(C)c3nc(-c4ccccc4)no3)CC2)cc1. The first kappa shape index (κ1) is 21.9. The molecule has 1 amide bonds. The molecule has 1 atom stereocenters. The number of carbonyl (C=O) groups excluding carboxylic acids is 2. The molecule has 166 valence electrons. The quantitative estimate of drug-likeness (QED) is 0.527. The zero-order valence-corrected chi connectivity index (χ0v) is 18.5. The molecule has 2 heterocycles. The molecule has 7 heteroatoms. The fourth-order valence-corrected chi connectivity index (χ4v) is 3.89. The van der Waals surface area contributed by atoms with Crippen molar-refractivity contribution in [3.8, 4) is 11.4 Å². The summed E-state index contributed by atoms with van der Waals surface area (Å²) < 4.78 is 5.50. The van der Waals surface area contributed by atoms with E-state index >= 15 is 0 Å². The van der Waals surface area contributed by atoms with E-state index in [-0.39, 0.29) is 30.6 Å². The van der Waals surface area contributed by atoms with Crippen molar-refractivity contribution in [2.45, 2.75) is 32.7 Å². The highest BCUT2D eigenvalue weighted by molar-refractivity contribution is 5.98. The highest BCUT2D eigenvalue weighted by Crippen LogP contribution is 2.23. The smallest absolute Gasteiger partial charge is 0.244 e. The molecule has 0 aliphatic carbocycles. The Hall–Kier alpha value is -3.32. The third-order valence-electron chi connectivity index (χ3n) is 5.99. The van der Waals surface area contributed by atoms with Gasteiger partial charge in [0, 0.05) is 50.1 Å². The fourth-order valence-electron chi connectivity index (χ4n) is 3.89. The lowest BCUT2D eigenvalue weighted by Gasteiger charge is -2.36. The van der Waals surface area contributed by atoms with Gasteiger partial charge in [0.1, 0.15) is 0 Å². The molecule has 0 bridgehead atoms. The minimum absolute atomic E-state index is 0.0104. The minimum Gasteiger partial charge on any atom is -0.340 e. The summed E-state index contributed by atoms with van der Waals surface area (Å²) in [6, 6.07) is 17.2. The van der Waals surface area contributed by atoms with Gasteiger partial charge in [-0.2, -0.15) is 4.98 Å². The van der Waals surface area contributed by atoms with Gasteiger partial charge in [0.15, 0.2) is 5.78 Å². The first-order valence-electron chi connectivity index (χ1n) is 11.0. The number of aromatic nitrogens is 2. The Morgan fingerprint density at radius 3 is 2.34 bits per heavy atom. The van der Waals surface area contributed by atoms with Gasteiger partial charge in [-0.25, -0.2) is 0 Å². The standard InChI is InChI=1S/C25H28N4O3/c1-18-8-10-20(11-9-18)22(30)12-13-23(31)29-16-14-28(15-17-29)19(2)25-26-24(27-32-25)21-6-4-3-5-7-21/h3-11,19H,12-17H2,1-2H3. The van der Waals surface area contributed by atoms with Crippen molar-refractivity contribution < 1.29 is 14.1 Å². The molecule has 1 saturated heterocycles. The van der Waals surface area contributed by atoms with Crippen LogP contribution in [-0.2, 0) is 4.79 Å². The molecule has 3 aromatic rings. The molecule has 4 rings (SSSR count). The van der Waals surface area contributed by atoms with E-state index in [1.807, 2.05) is 73.3 Å². The second kappa shape index (κ2) is 9.87. The molecule has 32 heavy (non-hydrogen) atoms. The van der Waals surface area contributed by atoms with Crippen LogP contribution in [0.25, 0.3) is 11.4 Å². The van der Waals surface area contributed by atoms with Gasteiger partial charge in [-0.1, -0.05) is 65.3 Å². The summed E-state index contributed by atoms with van der Waals surface area (Å²) in [6.07, 6.45) is 0.481. The molecule has 0 spiro atoms. The predicted molar refractivity (Wildman–Crippen MR) is 121 cm³/mol. The number of piperazine rings is 1. The number of hydrogen-bond acceptors (Lipinski definition) is 6. The lowest BCUT2D eigenvalue weighted by Crippen LogP contribution is -2.49. The second-order valence-corrected chi connectivity index (χ2v) is 8.20. The van der Waals surface area contributed by atoms with E-state index in [4.69, 9.17) is 4.52 Å². The molecule has 1 fully saturated rings. The monoisotopic (exact) mass is 432 g/mol. The van der Waals surface area contributed by atoms with E-state index in [0.717, 1.165) is 24.2 Å². The number of rotatable bonds is 7. The van der Waals surface area contributed by atoms with Gasteiger partial charge in [0.05, 0.1) is 6.04 Å². The molecule has 1 unspecified atom stereocenters. The summed E-state index contributed by atoms with van der Waals surface area (Å²) in [5.41, 5.74) is 2.70. The number of ketones is 1. The van der Waals surface area contributed by atoms with Crippen LogP contribution in [-0.4, -0.2) is 57.8 Å². The van der Waals surface area contributed by atoms with Crippen molar-refractivity contribution in [2.24, 2.45) is 0 Å². The van der Waals surface area contributed by atoms with Crippen LogP contribution in [0.15, 0.2) is 59.1 Å². The molecule has 0 N–H and O–H groups in total. The molecule has 2 aromatic carbocycles. The molecule has 1 aliphatic rings. The topological polar surface area (TPSA) is 79.5 Å². The number of benzene rings is 2. The zero-order chi connectivity index (χ0) is 22.5. The van der Waals surface area contributed by atoms with Crippen LogP contribution in [0.3, 0.4) is 0 Å². The largest absolute Gasteiger partial charge is 0.340 e. The Morgan fingerprint density at radius 2 is 1.66 bits per heavy atom. The molecular formula is C25H28N4O3. The highest BCUT2D eigenvalue weighted by atomic mass is 16.5. The first-order valence-corrected chi connectivity index (χ1v) is 11.0. The van der Waals surface area contributed by atoms with Crippen molar-refractivity contribution in [1.29, 1.82) is 0 Å². The van der Waals surface area contributed by atoms with Crippen molar-refractivity contribution in [1.82, 2.24) is 19.9 Å². The predicted octanol–water partition coefficient (Wildman–Crippen LogP) is 3.91. The number of aryl methyl sites for hydroxylation is 1. The maximum atomic E-state index is 12.6. The highest BCUT2D eigenvalue weighted by Gasteiger charge is 2.28. The van der Waals surface area contributed by atoms with Gasteiger partial charge in [-0.3, -0.25) is 14.5 Å². The van der Waals surface area contributed by atoms with Crippen molar-refractivity contribution >= 4 is 11.7 Å². The molecule has 1 aliphatic heterocycles. The van der Waals surface area contributed by atoms with Crippen LogP contribution in [0.5, 0.6) is 0 Å². The lowest BCUT2D eigenvalue weighted by molar-refractivity contribution is -0.133. The van der Waals surface area contributed by atoms with Gasteiger partial charge in [-0.15, -0.1) is 0 Å². The van der Waals surface area contributed by atoms with Crippen LogP contribution < -0.4 is 0 Å². The number of Topliss-reactive ketones (excluding diaryl/α,β-unsaturated/α-hetero) is 1. The van der Waals surface area contributed by atoms with Crippen LogP contribution in [0.1, 0.15) is 47.6 Å². The summed E-state index contributed by atoms with van der Waals surface area (Å²) >= 11 is 0. The maximum Gasteiger partial charge on any atom is 0.244 e. The summed E-state index contributed by atoms with van der Waals surface area (Å²) in [5, 5.41) is 4.11. The minimum atomic E-state index is -0.0275. The Kier molecular flexibility index (Phi) is 6.75. The Morgan fingerprint density at radius 1 is 0.969 bits per heavy atom. The van der Waals surface area contributed by atoms with Gasteiger partial charge in [-0.05, 0) is 13.8 Å². The maximum absolute atomic E-state index is 12.6. The number of hydrogen-bond donors (Lipinski definition) is 0. The molecule has 0 radical (unpaired) electrons. The molecule has 1 aromatic heterocycles. The second-order valence-electron chi connectivity index (χ2n) is 8.20. The van der Waals surface area contributed by atoms with Gasteiger partial charge in [0.25, 0.3) is 0 Å². The van der Waals surface area contributed by atoms with Crippen molar-refractivity contribution in [3.05, 3.63) is 71.6 Å². The average molecular weight is 433 g/mol. The van der Waals surface area contributed by atoms with E-state index in [0.29, 0.717) is 30.4 Å². The van der Waals surface area contributed by atoms with E-state index < -0.39 is 0 Å². The number of amides is 1. The first-order chi connectivity index (χ1) is 15.5. The van der Waals surface area contributed by atoms with E-state index in [1.54, 1.807) is 0 Å². The third kappa shape index (κ3) is 5.11. The van der Waals surface area contributed by atoms with Gasteiger partial charge >= 0.3 is 0 Å². The Bertz CT molecular complexity index is 1050. The Balaban J connectivity index is 1.26. The van der Waals surface area contributed by atoms with E-state index in [2.05, 4.69) is 15.0 Å². The summed E-state index contributed by atoms with van der Waals surface area (Å²) in [6.45, 7) is 6.73. The van der Waals surface area contributed by atoms with Crippen LogP contribution >= 0.6 is 0 Å². The van der Waals surface area contributed by atoms with E-state index in [1.165, 1.54) is 0 Å².